The SMILES string of the molecule is CCC(Sc1ncnc2scc(-c3ccc(OC)cc3)c12)C(=O)Nc1cccc(C(C)=O)c1. The van der Waals surface area contributed by atoms with Gasteiger partial charge in [-0.25, -0.2) is 9.97 Å². The predicted octanol–water partition coefficient (Wildman–Crippen LogP) is 6.08. The first-order chi connectivity index (χ1) is 16.0. The molecule has 0 aliphatic heterocycles. The predicted molar refractivity (Wildman–Crippen MR) is 134 cm³/mol. The number of amides is 1. The molecule has 4 rings (SSSR count). The van der Waals surface area contributed by atoms with Gasteiger partial charge in [-0.15, -0.1) is 11.3 Å². The standard InChI is InChI=1S/C25H23N3O3S2/c1-4-21(23(30)28-18-7-5-6-17(12-18)15(2)29)33-25-22-20(13-32-24(22)26-14-27-25)16-8-10-19(31-3)11-9-16/h5-14,21H,4H2,1-3H3,(H,28,30). The van der Waals surface area contributed by atoms with E-state index in [1.165, 1.54) is 18.7 Å². The van der Waals surface area contributed by atoms with Gasteiger partial charge in [-0.3, -0.25) is 9.59 Å². The lowest BCUT2D eigenvalue weighted by Crippen LogP contribution is -2.24. The van der Waals surface area contributed by atoms with Gasteiger partial charge in [0.05, 0.1) is 17.7 Å². The van der Waals surface area contributed by atoms with Crippen LogP contribution in [0.2, 0.25) is 0 Å². The number of carbonyl (C=O) groups is 2. The molecule has 2 aromatic heterocycles. The van der Waals surface area contributed by atoms with Crippen molar-refractivity contribution >= 4 is 50.7 Å². The number of ether oxygens (including phenoxy) is 1. The number of ketones is 1. The molecule has 4 aromatic rings. The monoisotopic (exact) mass is 477 g/mol. The molecule has 0 aliphatic carbocycles. The molecule has 0 saturated heterocycles. The lowest BCUT2D eigenvalue weighted by atomic mass is 10.1. The number of aromatic nitrogens is 2. The maximum atomic E-state index is 13.1. The molecule has 1 N–H and O–H groups in total. The van der Waals surface area contributed by atoms with Crippen molar-refractivity contribution in [3.8, 4) is 16.9 Å². The summed E-state index contributed by atoms with van der Waals surface area (Å²) in [5.74, 6) is 0.622. The summed E-state index contributed by atoms with van der Waals surface area (Å²) in [4.78, 5) is 34.5. The number of nitrogens with one attached hydrogen (secondary N) is 1. The Labute approximate surface area is 200 Å². The first kappa shape index (κ1) is 22.9. The van der Waals surface area contributed by atoms with Crippen LogP contribution in [0, 0.1) is 0 Å². The number of nitrogens with zero attached hydrogens (tertiary/aromatic N) is 2. The molecule has 8 heteroatoms. The number of hydrogen-bond acceptors (Lipinski definition) is 7. The molecule has 168 valence electrons. The number of benzene rings is 2. The third-order valence-electron chi connectivity index (χ3n) is 5.19. The first-order valence-corrected chi connectivity index (χ1v) is 12.2. The number of anilines is 1. The number of thiophene rings is 1. The van der Waals surface area contributed by atoms with Gasteiger partial charge < -0.3 is 10.1 Å². The summed E-state index contributed by atoms with van der Waals surface area (Å²) in [5, 5.41) is 6.37. The zero-order valence-electron chi connectivity index (χ0n) is 18.5. The van der Waals surface area contributed by atoms with Gasteiger partial charge in [0.2, 0.25) is 5.91 Å². The normalized spacial score (nSPS) is 11.8. The fourth-order valence-electron chi connectivity index (χ4n) is 3.42. The maximum absolute atomic E-state index is 13.1. The number of methoxy groups -OCH3 is 1. The second kappa shape index (κ2) is 10.1. The minimum Gasteiger partial charge on any atom is -0.497 e. The van der Waals surface area contributed by atoms with Gasteiger partial charge >= 0.3 is 0 Å². The molecule has 6 nitrogen and oxygen atoms in total. The van der Waals surface area contributed by atoms with E-state index >= 15 is 0 Å². The minimum absolute atomic E-state index is 0.0422. The minimum atomic E-state index is -0.354. The molecule has 1 amide bonds. The highest BCUT2D eigenvalue weighted by molar-refractivity contribution is 8.00. The van der Waals surface area contributed by atoms with Crippen LogP contribution in [-0.2, 0) is 4.79 Å². The van der Waals surface area contributed by atoms with Crippen LogP contribution in [0.3, 0.4) is 0 Å². The van der Waals surface area contributed by atoms with E-state index < -0.39 is 0 Å². The van der Waals surface area contributed by atoms with Crippen LogP contribution in [0.25, 0.3) is 21.3 Å². The molecular formula is C25H23N3O3S2. The molecular weight excluding hydrogens is 454 g/mol. The number of hydrogen-bond donors (Lipinski definition) is 1. The van der Waals surface area contributed by atoms with E-state index in [-0.39, 0.29) is 16.9 Å². The molecule has 0 spiro atoms. The number of Topliss-reactive ketones (excluding diaryl/α,β-unsaturated/α-hetero) is 1. The van der Waals surface area contributed by atoms with Crippen LogP contribution >= 0.6 is 23.1 Å². The van der Waals surface area contributed by atoms with Gasteiger partial charge in [0.1, 0.15) is 21.9 Å². The Balaban J connectivity index is 1.61. The molecule has 0 radical (unpaired) electrons. The van der Waals surface area contributed by atoms with Crippen molar-refractivity contribution in [3.05, 3.63) is 65.8 Å². The zero-order valence-corrected chi connectivity index (χ0v) is 20.1. The largest absolute Gasteiger partial charge is 0.497 e. The van der Waals surface area contributed by atoms with E-state index in [1.807, 2.05) is 31.2 Å². The Morgan fingerprint density at radius 3 is 2.64 bits per heavy atom. The summed E-state index contributed by atoms with van der Waals surface area (Å²) in [6, 6.07) is 14.8. The van der Waals surface area contributed by atoms with Crippen LogP contribution in [0.4, 0.5) is 5.69 Å². The van der Waals surface area contributed by atoms with Gasteiger partial charge in [-0.05, 0) is 43.2 Å². The van der Waals surface area contributed by atoms with Crippen molar-refractivity contribution in [2.45, 2.75) is 30.5 Å². The second-order valence-electron chi connectivity index (χ2n) is 7.38. The summed E-state index contributed by atoms with van der Waals surface area (Å²) in [6.45, 7) is 3.48. The van der Waals surface area contributed by atoms with Gasteiger partial charge in [0, 0.05) is 22.2 Å². The summed E-state index contributed by atoms with van der Waals surface area (Å²) in [7, 11) is 1.64. The Kier molecular flexibility index (Phi) is 7.05. The molecule has 2 heterocycles. The van der Waals surface area contributed by atoms with Crippen molar-refractivity contribution in [3.63, 3.8) is 0 Å². The van der Waals surface area contributed by atoms with Gasteiger partial charge in [0.25, 0.3) is 0 Å². The molecule has 0 saturated carbocycles. The Hall–Kier alpha value is -3.23. The number of fused-ring (bicyclic) bond motifs is 1. The average Bonchev–Trinajstić information content (AvgIpc) is 3.27. The topological polar surface area (TPSA) is 81.2 Å². The molecule has 1 atom stereocenters. The summed E-state index contributed by atoms with van der Waals surface area (Å²) in [5.41, 5.74) is 3.24. The molecule has 33 heavy (non-hydrogen) atoms. The highest BCUT2D eigenvalue weighted by atomic mass is 32.2. The number of carbonyl (C=O) groups excluding carboxylic acids is 2. The summed E-state index contributed by atoms with van der Waals surface area (Å²) >= 11 is 2.98. The quantitative estimate of drug-likeness (QED) is 0.188. The van der Waals surface area contributed by atoms with E-state index in [2.05, 4.69) is 20.7 Å². The van der Waals surface area contributed by atoms with Crippen molar-refractivity contribution < 1.29 is 14.3 Å². The molecule has 1 unspecified atom stereocenters. The Morgan fingerprint density at radius 1 is 1.15 bits per heavy atom. The zero-order chi connectivity index (χ0) is 23.4. The maximum Gasteiger partial charge on any atom is 0.237 e. The lowest BCUT2D eigenvalue weighted by Gasteiger charge is -2.15. The fraction of sp³-hybridized carbons (Fsp3) is 0.200. The van der Waals surface area contributed by atoms with E-state index in [0.717, 1.165) is 32.1 Å². The third-order valence-corrected chi connectivity index (χ3v) is 7.44. The number of rotatable bonds is 8. The average molecular weight is 478 g/mol. The van der Waals surface area contributed by atoms with Crippen molar-refractivity contribution in [2.75, 3.05) is 12.4 Å². The van der Waals surface area contributed by atoms with E-state index in [4.69, 9.17) is 4.74 Å². The van der Waals surface area contributed by atoms with Crippen LogP contribution in [-0.4, -0.2) is 34.0 Å². The lowest BCUT2D eigenvalue weighted by molar-refractivity contribution is -0.115. The third kappa shape index (κ3) is 5.07. The van der Waals surface area contributed by atoms with Crippen molar-refractivity contribution in [1.29, 1.82) is 0 Å². The highest BCUT2D eigenvalue weighted by Gasteiger charge is 2.22. The van der Waals surface area contributed by atoms with E-state index in [0.29, 0.717) is 17.7 Å². The Morgan fingerprint density at radius 2 is 1.94 bits per heavy atom. The van der Waals surface area contributed by atoms with Gasteiger partial charge in [-0.1, -0.05) is 43.0 Å². The van der Waals surface area contributed by atoms with Crippen LogP contribution in [0.15, 0.2) is 65.3 Å². The van der Waals surface area contributed by atoms with Crippen LogP contribution < -0.4 is 10.1 Å². The molecule has 0 bridgehead atoms. The van der Waals surface area contributed by atoms with Crippen LogP contribution in [0.1, 0.15) is 30.6 Å². The summed E-state index contributed by atoms with van der Waals surface area (Å²) < 4.78 is 5.27. The van der Waals surface area contributed by atoms with Crippen LogP contribution in [0.5, 0.6) is 5.75 Å². The first-order valence-electron chi connectivity index (χ1n) is 10.4. The molecule has 0 fully saturated rings. The van der Waals surface area contributed by atoms with E-state index in [9.17, 15) is 9.59 Å². The van der Waals surface area contributed by atoms with Gasteiger partial charge in [-0.2, -0.15) is 0 Å². The Bertz CT molecular complexity index is 1300. The second-order valence-corrected chi connectivity index (χ2v) is 9.43. The highest BCUT2D eigenvalue weighted by Crippen LogP contribution is 2.40. The molecule has 2 aromatic carbocycles. The number of thioether (sulfide) groups is 1. The van der Waals surface area contributed by atoms with Gasteiger partial charge in [0.15, 0.2) is 5.78 Å². The fourth-order valence-corrected chi connectivity index (χ4v) is 5.43. The van der Waals surface area contributed by atoms with E-state index in [1.54, 1.807) is 49.0 Å². The van der Waals surface area contributed by atoms with Crippen molar-refractivity contribution in [1.82, 2.24) is 9.97 Å². The summed E-state index contributed by atoms with van der Waals surface area (Å²) in [6.07, 6.45) is 2.16. The van der Waals surface area contributed by atoms with Crippen molar-refractivity contribution in [2.24, 2.45) is 0 Å². The smallest absolute Gasteiger partial charge is 0.237 e. The molecule has 0 aliphatic rings.